The largest absolute Gasteiger partial charge is 0.220 e. The van der Waals surface area contributed by atoms with Gasteiger partial charge in [-0.3, -0.25) is 0 Å². The van der Waals surface area contributed by atoms with Crippen molar-refractivity contribution in [3.63, 3.8) is 0 Å². The van der Waals surface area contributed by atoms with Crippen LogP contribution in [-0.2, 0) is 12.8 Å². The number of nitrogens with zero attached hydrogens (tertiary/aromatic N) is 2. The normalized spacial score (nSPS) is 14.7. The van der Waals surface area contributed by atoms with Crippen LogP contribution in [0.5, 0.6) is 0 Å². The SMILES string of the molecule is Clc1ccccc1-n1nc2c(c1Cl)CCCC2. The van der Waals surface area contributed by atoms with Crippen LogP contribution in [-0.4, -0.2) is 9.78 Å². The number of benzene rings is 1. The molecule has 0 unspecified atom stereocenters. The molecule has 0 saturated heterocycles. The van der Waals surface area contributed by atoms with Crippen LogP contribution in [0.3, 0.4) is 0 Å². The predicted octanol–water partition coefficient (Wildman–Crippen LogP) is 4.06. The van der Waals surface area contributed by atoms with E-state index in [4.69, 9.17) is 23.2 Å². The monoisotopic (exact) mass is 266 g/mol. The molecule has 1 heterocycles. The van der Waals surface area contributed by atoms with E-state index in [1.165, 1.54) is 18.4 Å². The topological polar surface area (TPSA) is 17.8 Å². The lowest BCUT2D eigenvalue weighted by molar-refractivity contribution is 0.671. The summed E-state index contributed by atoms with van der Waals surface area (Å²) in [4.78, 5) is 0. The van der Waals surface area contributed by atoms with Crippen LogP contribution in [0, 0.1) is 0 Å². The summed E-state index contributed by atoms with van der Waals surface area (Å²) in [7, 11) is 0. The van der Waals surface area contributed by atoms with Gasteiger partial charge in [0.1, 0.15) is 5.15 Å². The minimum Gasteiger partial charge on any atom is -0.220 e. The summed E-state index contributed by atoms with van der Waals surface area (Å²) in [5, 5.41) is 5.97. The molecule has 0 fully saturated rings. The highest BCUT2D eigenvalue weighted by molar-refractivity contribution is 6.33. The van der Waals surface area contributed by atoms with E-state index in [0.29, 0.717) is 10.2 Å². The Balaban J connectivity index is 2.16. The molecule has 17 heavy (non-hydrogen) atoms. The lowest BCUT2D eigenvalue weighted by Gasteiger charge is -2.08. The number of fused-ring (bicyclic) bond motifs is 1. The molecule has 0 spiro atoms. The maximum Gasteiger partial charge on any atom is 0.136 e. The van der Waals surface area contributed by atoms with E-state index in [2.05, 4.69) is 5.10 Å². The van der Waals surface area contributed by atoms with Gasteiger partial charge in [-0.25, -0.2) is 4.68 Å². The highest BCUT2D eigenvalue weighted by Gasteiger charge is 2.20. The first-order valence-electron chi connectivity index (χ1n) is 5.78. The fourth-order valence-corrected chi connectivity index (χ4v) is 2.85. The third-order valence-electron chi connectivity index (χ3n) is 3.18. The Kier molecular flexibility index (Phi) is 2.85. The zero-order valence-electron chi connectivity index (χ0n) is 9.29. The van der Waals surface area contributed by atoms with Crippen LogP contribution in [0.1, 0.15) is 24.1 Å². The summed E-state index contributed by atoms with van der Waals surface area (Å²) in [6, 6.07) is 7.64. The van der Waals surface area contributed by atoms with E-state index in [1.807, 2.05) is 24.3 Å². The van der Waals surface area contributed by atoms with Crippen molar-refractivity contribution in [2.24, 2.45) is 0 Å². The number of hydrogen-bond donors (Lipinski definition) is 0. The fraction of sp³-hybridized carbons (Fsp3) is 0.308. The van der Waals surface area contributed by atoms with E-state index < -0.39 is 0 Å². The maximum atomic E-state index is 6.39. The van der Waals surface area contributed by atoms with Crippen LogP contribution >= 0.6 is 23.2 Å². The third kappa shape index (κ3) is 1.85. The molecule has 4 heteroatoms. The van der Waals surface area contributed by atoms with Crippen molar-refractivity contribution in [1.29, 1.82) is 0 Å². The van der Waals surface area contributed by atoms with Gasteiger partial charge in [-0.15, -0.1) is 0 Å². The molecule has 1 aliphatic rings. The lowest BCUT2D eigenvalue weighted by Crippen LogP contribution is -2.00. The first-order valence-corrected chi connectivity index (χ1v) is 6.54. The van der Waals surface area contributed by atoms with E-state index in [0.717, 1.165) is 24.2 Å². The summed E-state index contributed by atoms with van der Waals surface area (Å²) in [5.41, 5.74) is 3.17. The molecular formula is C13H12Cl2N2. The zero-order valence-corrected chi connectivity index (χ0v) is 10.8. The van der Waals surface area contributed by atoms with Crippen LogP contribution in [0.25, 0.3) is 5.69 Å². The minimum absolute atomic E-state index is 0.675. The van der Waals surface area contributed by atoms with Gasteiger partial charge in [-0.2, -0.15) is 5.10 Å². The molecule has 2 nitrogen and oxygen atoms in total. The van der Waals surface area contributed by atoms with Gasteiger partial charge in [0.25, 0.3) is 0 Å². The second-order valence-corrected chi connectivity index (χ2v) is 5.05. The number of halogens is 2. The van der Waals surface area contributed by atoms with E-state index in [1.54, 1.807) is 4.68 Å². The average molecular weight is 267 g/mol. The number of hydrogen-bond acceptors (Lipinski definition) is 1. The lowest BCUT2D eigenvalue weighted by atomic mass is 9.99. The number of aromatic nitrogens is 2. The smallest absolute Gasteiger partial charge is 0.136 e. The summed E-state index contributed by atoms with van der Waals surface area (Å²) < 4.78 is 1.76. The van der Waals surface area contributed by atoms with Crippen LogP contribution in [0.4, 0.5) is 0 Å². The van der Waals surface area contributed by atoms with Crippen LogP contribution in [0.15, 0.2) is 24.3 Å². The van der Waals surface area contributed by atoms with Crippen molar-refractivity contribution in [2.45, 2.75) is 25.7 Å². The van der Waals surface area contributed by atoms with Crippen molar-refractivity contribution < 1.29 is 0 Å². The predicted molar refractivity (Wildman–Crippen MR) is 70.2 cm³/mol. The fourth-order valence-electron chi connectivity index (χ4n) is 2.30. The molecule has 0 saturated carbocycles. The molecular weight excluding hydrogens is 255 g/mol. The Hall–Kier alpha value is -0.990. The summed E-state index contributed by atoms with van der Waals surface area (Å²) in [6.45, 7) is 0. The van der Waals surface area contributed by atoms with Crippen LogP contribution in [0.2, 0.25) is 10.2 Å². The van der Waals surface area contributed by atoms with E-state index >= 15 is 0 Å². The molecule has 1 aromatic carbocycles. The molecule has 2 aromatic rings. The Bertz CT molecular complexity index is 561. The number of para-hydroxylation sites is 1. The summed E-state index contributed by atoms with van der Waals surface area (Å²) in [6.07, 6.45) is 4.44. The maximum absolute atomic E-state index is 6.39. The van der Waals surface area contributed by atoms with Gasteiger partial charge in [0.2, 0.25) is 0 Å². The number of aryl methyl sites for hydroxylation is 1. The summed E-state index contributed by atoms with van der Waals surface area (Å²) >= 11 is 12.6. The molecule has 88 valence electrons. The van der Waals surface area contributed by atoms with Gasteiger partial charge in [-0.1, -0.05) is 35.3 Å². The Morgan fingerprint density at radius 3 is 2.59 bits per heavy atom. The Morgan fingerprint density at radius 1 is 1.06 bits per heavy atom. The first kappa shape index (κ1) is 11.1. The highest BCUT2D eigenvalue weighted by Crippen LogP contribution is 2.31. The second-order valence-electron chi connectivity index (χ2n) is 4.29. The highest BCUT2D eigenvalue weighted by atomic mass is 35.5. The van der Waals surface area contributed by atoms with Gasteiger partial charge in [-0.05, 0) is 37.8 Å². The van der Waals surface area contributed by atoms with Gasteiger partial charge in [0, 0.05) is 5.56 Å². The standard InChI is InChI=1S/C13H12Cl2N2/c14-10-6-2-4-8-12(10)17-13(15)9-5-1-3-7-11(9)16-17/h2,4,6,8H,1,3,5,7H2. The van der Waals surface area contributed by atoms with Crippen molar-refractivity contribution in [3.8, 4) is 5.69 Å². The van der Waals surface area contributed by atoms with Crippen molar-refractivity contribution in [3.05, 3.63) is 45.7 Å². The quantitative estimate of drug-likeness (QED) is 0.761. The molecule has 1 aromatic heterocycles. The zero-order chi connectivity index (χ0) is 11.8. The molecule has 0 atom stereocenters. The van der Waals surface area contributed by atoms with Gasteiger partial charge in [0.05, 0.1) is 16.4 Å². The molecule has 1 aliphatic carbocycles. The van der Waals surface area contributed by atoms with Gasteiger partial charge < -0.3 is 0 Å². The molecule has 0 aliphatic heterocycles. The third-order valence-corrected chi connectivity index (χ3v) is 3.88. The molecule has 0 bridgehead atoms. The van der Waals surface area contributed by atoms with Crippen molar-refractivity contribution >= 4 is 23.2 Å². The van der Waals surface area contributed by atoms with E-state index in [-0.39, 0.29) is 0 Å². The van der Waals surface area contributed by atoms with Crippen molar-refractivity contribution in [2.75, 3.05) is 0 Å². The van der Waals surface area contributed by atoms with E-state index in [9.17, 15) is 0 Å². The Labute approximate surface area is 110 Å². The minimum atomic E-state index is 0.675. The summed E-state index contributed by atoms with van der Waals surface area (Å²) in [5.74, 6) is 0. The van der Waals surface area contributed by atoms with Crippen molar-refractivity contribution in [1.82, 2.24) is 9.78 Å². The Morgan fingerprint density at radius 2 is 1.82 bits per heavy atom. The molecule has 0 radical (unpaired) electrons. The molecule has 3 rings (SSSR count). The van der Waals surface area contributed by atoms with Gasteiger partial charge in [0.15, 0.2) is 0 Å². The molecule has 0 N–H and O–H groups in total. The first-order chi connectivity index (χ1) is 8.27. The number of rotatable bonds is 1. The molecule has 0 amide bonds. The second kappa shape index (κ2) is 4.35. The van der Waals surface area contributed by atoms with Crippen LogP contribution < -0.4 is 0 Å². The average Bonchev–Trinajstić information content (AvgIpc) is 2.68. The van der Waals surface area contributed by atoms with Gasteiger partial charge >= 0.3 is 0 Å².